The highest BCUT2D eigenvalue weighted by Gasteiger charge is 2.14. The van der Waals surface area contributed by atoms with Crippen molar-refractivity contribution in [1.82, 2.24) is 4.72 Å². The summed E-state index contributed by atoms with van der Waals surface area (Å²) in [5, 5.41) is 10.4. The van der Waals surface area contributed by atoms with Crippen molar-refractivity contribution in [3.8, 4) is 0 Å². The molecule has 0 unspecified atom stereocenters. The van der Waals surface area contributed by atoms with Gasteiger partial charge in [-0.3, -0.25) is 10.1 Å². The molecule has 0 aliphatic rings. The molecule has 18 heavy (non-hydrogen) atoms. The minimum absolute atomic E-state index is 0.00511. The highest BCUT2D eigenvalue weighted by molar-refractivity contribution is 7.89. The van der Waals surface area contributed by atoms with Crippen molar-refractivity contribution >= 4 is 15.7 Å². The third-order valence-corrected chi connectivity index (χ3v) is 3.65. The van der Waals surface area contributed by atoms with Crippen LogP contribution in [-0.4, -0.2) is 33.6 Å². The molecule has 0 heterocycles. The first-order valence-corrected chi connectivity index (χ1v) is 6.69. The number of sulfonamides is 1. The normalized spacial score (nSPS) is 11.4. The Kier molecular flexibility index (Phi) is 5.20. The molecule has 0 spiro atoms. The Morgan fingerprint density at radius 2 is 1.94 bits per heavy atom. The van der Waals surface area contributed by atoms with E-state index >= 15 is 0 Å². The molecule has 0 saturated carbocycles. The topological polar surface area (TPSA) is 98.5 Å². The van der Waals surface area contributed by atoms with E-state index in [2.05, 4.69) is 4.72 Å². The number of nitrogens with one attached hydrogen (secondary N) is 1. The lowest BCUT2D eigenvalue weighted by atomic mass is 10.3. The van der Waals surface area contributed by atoms with Crippen molar-refractivity contribution in [2.45, 2.75) is 11.3 Å². The van der Waals surface area contributed by atoms with Gasteiger partial charge >= 0.3 is 0 Å². The number of hydrogen-bond donors (Lipinski definition) is 1. The van der Waals surface area contributed by atoms with Gasteiger partial charge < -0.3 is 4.74 Å². The predicted molar refractivity (Wildman–Crippen MR) is 64.8 cm³/mol. The van der Waals surface area contributed by atoms with Crippen molar-refractivity contribution in [3.63, 3.8) is 0 Å². The second-order valence-corrected chi connectivity index (χ2v) is 5.26. The van der Waals surface area contributed by atoms with Gasteiger partial charge in [0, 0.05) is 32.4 Å². The molecule has 0 aliphatic carbocycles. The first-order chi connectivity index (χ1) is 8.47. The molecule has 0 atom stereocenters. The zero-order chi connectivity index (χ0) is 13.6. The summed E-state index contributed by atoms with van der Waals surface area (Å²) in [6, 6.07) is 4.72. The van der Waals surface area contributed by atoms with Crippen LogP contribution in [0, 0.1) is 10.1 Å². The van der Waals surface area contributed by atoms with Gasteiger partial charge in [-0.15, -0.1) is 0 Å². The smallest absolute Gasteiger partial charge is 0.269 e. The first-order valence-electron chi connectivity index (χ1n) is 5.20. The van der Waals surface area contributed by atoms with E-state index in [1.54, 1.807) is 0 Å². The van der Waals surface area contributed by atoms with Crippen LogP contribution in [0.3, 0.4) is 0 Å². The summed E-state index contributed by atoms with van der Waals surface area (Å²) in [5.41, 5.74) is -0.145. The van der Waals surface area contributed by atoms with E-state index in [1.807, 2.05) is 0 Å². The fourth-order valence-electron chi connectivity index (χ4n) is 1.25. The van der Waals surface area contributed by atoms with Gasteiger partial charge in [-0.2, -0.15) is 0 Å². The average Bonchev–Trinajstić information content (AvgIpc) is 2.35. The van der Waals surface area contributed by atoms with E-state index in [1.165, 1.54) is 19.2 Å². The number of ether oxygens (including phenoxy) is 1. The molecule has 1 rings (SSSR count). The van der Waals surface area contributed by atoms with E-state index < -0.39 is 14.9 Å². The van der Waals surface area contributed by atoms with Gasteiger partial charge in [-0.1, -0.05) is 0 Å². The van der Waals surface area contributed by atoms with Crippen molar-refractivity contribution < 1.29 is 18.1 Å². The van der Waals surface area contributed by atoms with Crippen LogP contribution in [0.25, 0.3) is 0 Å². The Morgan fingerprint density at radius 3 is 2.44 bits per heavy atom. The molecular weight excluding hydrogens is 260 g/mol. The van der Waals surface area contributed by atoms with E-state index in [-0.39, 0.29) is 17.1 Å². The maximum Gasteiger partial charge on any atom is 0.269 e. The standard InChI is InChI=1S/C10H14N2O5S/c1-17-8-2-7-11-18(15,16)10-5-3-9(4-6-10)12(13)14/h3-6,11H,2,7-8H2,1H3. The number of nitrogens with zero attached hydrogens (tertiary/aromatic N) is 1. The maximum absolute atomic E-state index is 11.8. The molecule has 0 bridgehead atoms. The SMILES string of the molecule is COCCCNS(=O)(=O)c1ccc([N+](=O)[O-])cc1. The van der Waals surface area contributed by atoms with Crippen LogP contribution in [-0.2, 0) is 14.8 Å². The van der Waals surface area contributed by atoms with Gasteiger partial charge in [0.25, 0.3) is 5.69 Å². The average molecular weight is 274 g/mol. The largest absolute Gasteiger partial charge is 0.385 e. The van der Waals surface area contributed by atoms with Crippen LogP contribution < -0.4 is 4.72 Å². The minimum Gasteiger partial charge on any atom is -0.385 e. The van der Waals surface area contributed by atoms with Gasteiger partial charge in [0.15, 0.2) is 0 Å². The molecule has 0 saturated heterocycles. The van der Waals surface area contributed by atoms with Gasteiger partial charge in [-0.25, -0.2) is 13.1 Å². The summed E-state index contributed by atoms with van der Waals surface area (Å²) in [6.07, 6.45) is 0.558. The molecule has 0 fully saturated rings. The molecule has 0 aliphatic heterocycles. The Labute approximate surface area is 105 Å². The third-order valence-electron chi connectivity index (χ3n) is 2.18. The first kappa shape index (κ1) is 14.6. The van der Waals surface area contributed by atoms with Crippen LogP contribution in [0.2, 0.25) is 0 Å². The fourth-order valence-corrected chi connectivity index (χ4v) is 2.33. The van der Waals surface area contributed by atoms with Crippen LogP contribution in [0.5, 0.6) is 0 Å². The number of nitro benzene ring substituents is 1. The van der Waals surface area contributed by atoms with E-state index in [0.717, 1.165) is 12.1 Å². The minimum atomic E-state index is -3.61. The summed E-state index contributed by atoms with van der Waals surface area (Å²) in [6.45, 7) is 0.718. The Bertz CT molecular complexity index is 498. The van der Waals surface area contributed by atoms with Crippen molar-refractivity contribution in [1.29, 1.82) is 0 Å². The van der Waals surface area contributed by atoms with Crippen LogP contribution in [0.1, 0.15) is 6.42 Å². The Hall–Kier alpha value is -1.51. The number of benzene rings is 1. The number of nitro groups is 1. The molecule has 1 N–H and O–H groups in total. The Balaban J connectivity index is 2.70. The molecule has 0 amide bonds. The third kappa shape index (κ3) is 4.06. The van der Waals surface area contributed by atoms with Gasteiger partial charge in [0.2, 0.25) is 10.0 Å². The molecule has 7 nitrogen and oxygen atoms in total. The monoisotopic (exact) mass is 274 g/mol. The van der Waals surface area contributed by atoms with Crippen molar-refractivity contribution in [3.05, 3.63) is 34.4 Å². The maximum atomic E-state index is 11.8. The molecule has 1 aromatic rings. The summed E-state index contributed by atoms with van der Waals surface area (Å²) in [7, 11) is -2.08. The summed E-state index contributed by atoms with van der Waals surface area (Å²) >= 11 is 0. The zero-order valence-corrected chi connectivity index (χ0v) is 10.6. The van der Waals surface area contributed by atoms with E-state index in [0.29, 0.717) is 13.0 Å². The van der Waals surface area contributed by atoms with Crippen molar-refractivity contribution in [2.75, 3.05) is 20.3 Å². The number of non-ortho nitro benzene ring substituents is 1. The lowest BCUT2D eigenvalue weighted by Gasteiger charge is -2.06. The highest BCUT2D eigenvalue weighted by Crippen LogP contribution is 2.15. The molecule has 0 radical (unpaired) electrons. The lowest BCUT2D eigenvalue weighted by molar-refractivity contribution is -0.384. The van der Waals surface area contributed by atoms with Crippen LogP contribution in [0.4, 0.5) is 5.69 Å². The van der Waals surface area contributed by atoms with E-state index in [4.69, 9.17) is 4.74 Å². The molecule has 1 aromatic carbocycles. The molecular formula is C10H14N2O5S. The molecule has 8 heteroatoms. The highest BCUT2D eigenvalue weighted by atomic mass is 32.2. The summed E-state index contributed by atoms with van der Waals surface area (Å²) in [4.78, 5) is 9.86. The van der Waals surface area contributed by atoms with Gasteiger partial charge in [0.1, 0.15) is 0 Å². The predicted octanol–water partition coefficient (Wildman–Crippen LogP) is 0.910. The summed E-state index contributed by atoms with van der Waals surface area (Å²) < 4.78 is 30.7. The lowest BCUT2D eigenvalue weighted by Crippen LogP contribution is -2.25. The number of hydrogen-bond acceptors (Lipinski definition) is 5. The fraction of sp³-hybridized carbons (Fsp3) is 0.400. The van der Waals surface area contributed by atoms with Crippen molar-refractivity contribution in [2.24, 2.45) is 0 Å². The van der Waals surface area contributed by atoms with Crippen LogP contribution >= 0.6 is 0 Å². The zero-order valence-electron chi connectivity index (χ0n) is 9.83. The number of rotatable bonds is 7. The molecule has 100 valence electrons. The van der Waals surface area contributed by atoms with Crippen LogP contribution in [0.15, 0.2) is 29.2 Å². The quantitative estimate of drug-likeness (QED) is 0.452. The van der Waals surface area contributed by atoms with E-state index in [9.17, 15) is 18.5 Å². The summed E-state index contributed by atoms with van der Waals surface area (Å²) in [5.74, 6) is 0. The second kappa shape index (κ2) is 6.43. The molecule has 0 aromatic heterocycles. The second-order valence-electron chi connectivity index (χ2n) is 3.50. The van der Waals surface area contributed by atoms with Gasteiger partial charge in [-0.05, 0) is 18.6 Å². The number of methoxy groups -OCH3 is 1. The Morgan fingerprint density at radius 1 is 1.33 bits per heavy atom. The van der Waals surface area contributed by atoms with Gasteiger partial charge in [0.05, 0.1) is 9.82 Å².